The van der Waals surface area contributed by atoms with Crippen LogP contribution in [0.15, 0.2) is 28.7 Å². The average Bonchev–Trinajstić information content (AvgIpc) is 3.00. The molecule has 88 valence electrons. The maximum atomic E-state index is 5.93. The smallest absolute Gasteiger partial charge is 0.247 e. The summed E-state index contributed by atoms with van der Waals surface area (Å²) in [6.45, 7) is 1.01. The first-order chi connectivity index (χ1) is 8.33. The first kappa shape index (κ1) is 10.7. The van der Waals surface area contributed by atoms with Crippen molar-refractivity contribution >= 4 is 11.6 Å². The lowest BCUT2D eigenvalue weighted by molar-refractivity contribution is 0.437. The quantitative estimate of drug-likeness (QED) is 0.889. The molecule has 1 aromatic carbocycles. The normalized spacial score (nSPS) is 19.7. The fourth-order valence-corrected chi connectivity index (χ4v) is 2.20. The lowest BCUT2D eigenvalue weighted by Gasteiger charge is -2.02. The van der Waals surface area contributed by atoms with Gasteiger partial charge in [0.2, 0.25) is 11.8 Å². The minimum atomic E-state index is 0.204. The van der Waals surface area contributed by atoms with Crippen LogP contribution in [0.25, 0.3) is 11.5 Å². The molecule has 2 aromatic rings. The Morgan fingerprint density at radius 1 is 1.35 bits per heavy atom. The van der Waals surface area contributed by atoms with Gasteiger partial charge in [-0.1, -0.05) is 17.7 Å². The number of halogens is 1. The molecule has 4 nitrogen and oxygen atoms in total. The van der Waals surface area contributed by atoms with Gasteiger partial charge in [-0.15, -0.1) is 10.2 Å². The minimum Gasteiger partial charge on any atom is -0.419 e. The van der Waals surface area contributed by atoms with E-state index in [1.807, 2.05) is 24.3 Å². The van der Waals surface area contributed by atoms with E-state index in [4.69, 9.17) is 16.0 Å². The Labute approximate surface area is 104 Å². The molecular formula is C12H12ClN3O. The second-order valence-corrected chi connectivity index (χ2v) is 4.54. The van der Waals surface area contributed by atoms with Gasteiger partial charge in [-0.25, -0.2) is 0 Å². The van der Waals surface area contributed by atoms with Crippen LogP contribution in [0.5, 0.6) is 0 Å². The van der Waals surface area contributed by atoms with E-state index in [9.17, 15) is 0 Å². The number of hydrogen-bond acceptors (Lipinski definition) is 4. The third kappa shape index (κ3) is 2.18. The molecule has 3 rings (SSSR count). The van der Waals surface area contributed by atoms with Gasteiger partial charge in [0.05, 0.1) is 6.04 Å². The van der Waals surface area contributed by atoms with Crippen LogP contribution in [-0.2, 0) is 0 Å². The van der Waals surface area contributed by atoms with Gasteiger partial charge in [0, 0.05) is 10.6 Å². The fourth-order valence-electron chi connectivity index (χ4n) is 2.01. The summed E-state index contributed by atoms with van der Waals surface area (Å²) in [6, 6.07) is 7.62. The largest absolute Gasteiger partial charge is 0.419 e. The van der Waals surface area contributed by atoms with Gasteiger partial charge < -0.3 is 9.73 Å². The summed E-state index contributed by atoms with van der Waals surface area (Å²) in [4.78, 5) is 0. The second kappa shape index (κ2) is 4.47. The van der Waals surface area contributed by atoms with E-state index in [1.54, 1.807) is 0 Å². The monoisotopic (exact) mass is 249 g/mol. The molecule has 1 fully saturated rings. The lowest BCUT2D eigenvalue weighted by atomic mass is 10.2. The van der Waals surface area contributed by atoms with Crippen LogP contribution in [0, 0.1) is 0 Å². The highest BCUT2D eigenvalue weighted by atomic mass is 35.5. The number of aromatic nitrogens is 2. The molecule has 0 bridgehead atoms. The Morgan fingerprint density at radius 2 is 2.29 bits per heavy atom. The lowest BCUT2D eigenvalue weighted by Crippen LogP contribution is -2.12. The van der Waals surface area contributed by atoms with E-state index in [0.29, 0.717) is 16.8 Å². The van der Waals surface area contributed by atoms with Gasteiger partial charge in [-0.2, -0.15) is 0 Å². The molecule has 0 radical (unpaired) electrons. The third-order valence-corrected chi connectivity index (χ3v) is 3.11. The molecule has 5 heteroatoms. The molecule has 1 unspecified atom stereocenters. The van der Waals surface area contributed by atoms with Gasteiger partial charge in [0.25, 0.3) is 0 Å². The molecule has 1 N–H and O–H groups in total. The van der Waals surface area contributed by atoms with Crippen molar-refractivity contribution in [1.29, 1.82) is 0 Å². The summed E-state index contributed by atoms with van der Waals surface area (Å²) in [5.41, 5.74) is 0.856. The Bertz CT molecular complexity index is 520. The van der Waals surface area contributed by atoms with E-state index in [0.717, 1.165) is 24.9 Å². The molecule has 2 heterocycles. The number of hydrogen-bond donors (Lipinski definition) is 1. The first-order valence-electron chi connectivity index (χ1n) is 5.65. The highest BCUT2D eigenvalue weighted by molar-refractivity contribution is 6.30. The number of nitrogens with one attached hydrogen (secondary N) is 1. The first-order valence-corrected chi connectivity index (χ1v) is 6.03. The zero-order chi connectivity index (χ0) is 11.7. The topological polar surface area (TPSA) is 51.0 Å². The zero-order valence-electron chi connectivity index (χ0n) is 9.19. The highest BCUT2D eigenvalue weighted by Crippen LogP contribution is 2.26. The fraction of sp³-hybridized carbons (Fsp3) is 0.333. The van der Waals surface area contributed by atoms with Gasteiger partial charge >= 0.3 is 0 Å². The van der Waals surface area contributed by atoms with Gasteiger partial charge in [0.1, 0.15) is 0 Å². The molecule has 1 aliphatic heterocycles. The Hall–Kier alpha value is -1.39. The van der Waals surface area contributed by atoms with Crippen molar-refractivity contribution < 1.29 is 4.42 Å². The Kier molecular flexibility index (Phi) is 2.82. The molecule has 0 saturated carbocycles. The molecule has 0 aliphatic carbocycles. The number of rotatable bonds is 2. The van der Waals surface area contributed by atoms with Crippen molar-refractivity contribution in [2.24, 2.45) is 0 Å². The van der Waals surface area contributed by atoms with Gasteiger partial charge in [-0.3, -0.25) is 0 Å². The van der Waals surface area contributed by atoms with Crippen LogP contribution in [-0.4, -0.2) is 16.7 Å². The van der Waals surface area contributed by atoms with E-state index in [-0.39, 0.29) is 6.04 Å². The highest BCUT2D eigenvalue weighted by Gasteiger charge is 2.22. The van der Waals surface area contributed by atoms with Crippen molar-refractivity contribution in [2.45, 2.75) is 18.9 Å². The summed E-state index contributed by atoms with van der Waals surface area (Å²) in [7, 11) is 0. The Morgan fingerprint density at radius 3 is 3.06 bits per heavy atom. The van der Waals surface area contributed by atoms with Crippen LogP contribution in [0.1, 0.15) is 24.8 Å². The standard InChI is InChI=1S/C12H12ClN3O/c13-9-4-1-3-8(7-9)11-15-16-12(17-11)10-5-2-6-14-10/h1,3-4,7,10,14H,2,5-6H2. The summed E-state index contributed by atoms with van der Waals surface area (Å²) in [5.74, 6) is 1.19. The average molecular weight is 250 g/mol. The van der Waals surface area contributed by atoms with Crippen LogP contribution >= 0.6 is 11.6 Å². The molecular weight excluding hydrogens is 238 g/mol. The van der Waals surface area contributed by atoms with E-state index >= 15 is 0 Å². The SMILES string of the molecule is Clc1cccc(-c2nnc(C3CCCN3)o2)c1. The van der Waals surface area contributed by atoms with Crippen molar-refractivity contribution in [3.8, 4) is 11.5 Å². The van der Waals surface area contributed by atoms with Crippen molar-refractivity contribution in [2.75, 3.05) is 6.54 Å². The van der Waals surface area contributed by atoms with E-state index < -0.39 is 0 Å². The summed E-state index contributed by atoms with van der Waals surface area (Å²) < 4.78 is 5.67. The minimum absolute atomic E-state index is 0.204. The molecule has 17 heavy (non-hydrogen) atoms. The molecule has 0 spiro atoms. The maximum Gasteiger partial charge on any atom is 0.247 e. The van der Waals surface area contributed by atoms with Gasteiger partial charge in [0.15, 0.2) is 0 Å². The molecule has 1 saturated heterocycles. The van der Waals surface area contributed by atoms with Crippen LogP contribution in [0.4, 0.5) is 0 Å². The predicted octanol–water partition coefficient (Wildman–Crippen LogP) is 2.81. The van der Waals surface area contributed by atoms with Crippen molar-refractivity contribution in [3.05, 3.63) is 35.2 Å². The molecule has 0 amide bonds. The van der Waals surface area contributed by atoms with Crippen molar-refractivity contribution in [1.82, 2.24) is 15.5 Å². The predicted molar refractivity (Wildman–Crippen MR) is 64.7 cm³/mol. The summed E-state index contributed by atoms with van der Waals surface area (Å²) in [5, 5.41) is 12.1. The number of nitrogens with zero attached hydrogens (tertiary/aromatic N) is 2. The van der Waals surface area contributed by atoms with E-state index in [1.165, 1.54) is 0 Å². The Balaban J connectivity index is 1.89. The van der Waals surface area contributed by atoms with Gasteiger partial charge in [-0.05, 0) is 37.6 Å². The van der Waals surface area contributed by atoms with E-state index in [2.05, 4.69) is 15.5 Å². The second-order valence-electron chi connectivity index (χ2n) is 4.10. The van der Waals surface area contributed by atoms with Crippen LogP contribution in [0.3, 0.4) is 0 Å². The molecule has 1 atom stereocenters. The number of benzene rings is 1. The summed E-state index contributed by atoms with van der Waals surface area (Å²) in [6.07, 6.45) is 2.21. The zero-order valence-corrected chi connectivity index (χ0v) is 9.94. The summed E-state index contributed by atoms with van der Waals surface area (Å²) >= 11 is 5.93. The molecule has 1 aliphatic rings. The maximum absolute atomic E-state index is 5.93. The van der Waals surface area contributed by atoms with Crippen LogP contribution in [0.2, 0.25) is 5.02 Å². The van der Waals surface area contributed by atoms with Crippen molar-refractivity contribution in [3.63, 3.8) is 0 Å². The van der Waals surface area contributed by atoms with Crippen LogP contribution < -0.4 is 5.32 Å². The third-order valence-electron chi connectivity index (χ3n) is 2.87. The molecule has 1 aromatic heterocycles.